The molecular formula is C16H16FN7O3. The topological polar surface area (TPSA) is 121 Å². The van der Waals surface area contributed by atoms with Crippen LogP contribution >= 0.6 is 0 Å². The molecule has 3 rings (SSSR count). The van der Waals surface area contributed by atoms with E-state index in [2.05, 4.69) is 20.5 Å². The van der Waals surface area contributed by atoms with Gasteiger partial charge in [-0.2, -0.15) is 5.10 Å². The fourth-order valence-electron chi connectivity index (χ4n) is 2.39. The molecule has 0 aliphatic rings. The van der Waals surface area contributed by atoms with Crippen molar-refractivity contribution in [3.63, 3.8) is 0 Å². The van der Waals surface area contributed by atoms with Crippen molar-refractivity contribution in [3.8, 4) is 0 Å². The van der Waals surface area contributed by atoms with Crippen LogP contribution in [-0.4, -0.2) is 35.4 Å². The number of nitrogens with one attached hydrogen (secondary N) is 1. The Hall–Kier alpha value is -3.63. The summed E-state index contributed by atoms with van der Waals surface area (Å²) in [6.45, 7) is 2.14. The molecule has 0 fully saturated rings. The third-order valence-electron chi connectivity index (χ3n) is 3.74. The Morgan fingerprint density at radius 3 is 2.93 bits per heavy atom. The zero-order valence-corrected chi connectivity index (χ0v) is 14.3. The summed E-state index contributed by atoms with van der Waals surface area (Å²) in [6, 6.07) is 6.11. The van der Waals surface area contributed by atoms with Gasteiger partial charge in [-0.3, -0.25) is 24.9 Å². The predicted molar refractivity (Wildman–Crippen MR) is 92.2 cm³/mol. The second-order valence-electron chi connectivity index (χ2n) is 5.96. The maximum atomic E-state index is 13.2. The molecule has 3 aromatic rings. The summed E-state index contributed by atoms with van der Waals surface area (Å²) in [7, 11) is 0. The van der Waals surface area contributed by atoms with Gasteiger partial charge in [0.05, 0.1) is 23.9 Å². The normalized spacial score (nSPS) is 11.9. The molecule has 0 aliphatic heterocycles. The van der Waals surface area contributed by atoms with Crippen molar-refractivity contribution in [1.82, 2.24) is 24.5 Å². The van der Waals surface area contributed by atoms with Gasteiger partial charge >= 0.3 is 5.69 Å². The molecule has 1 unspecified atom stereocenters. The minimum absolute atomic E-state index is 0.120. The standard InChI is InChI=1S/C16H16FN7O3/c1-11(7-22-9-14(6-19-22)24(26)27)15(25)20-16-18-10-23(21-16)8-12-3-2-4-13(17)5-12/h2-6,9-11H,7-8H2,1H3,(H,20,21,25). The maximum absolute atomic E-state index is 13.2. The van der Waals surface area contributed by atoms with E-state index in [-0.39, 0.29) is 29.9 Å². The summed E-state index contributed by atoms with van der Waals surface area (Å²) < 4.78 is 16.0. The number of rotatable bonds is 7. The largest absolute Gasteiger partial charge is 0.306 e. The molecule has 0 saturated carbocycles. The molecule has 10 nitrogen and oxygen atoms in total. The number of hydrogen-bond donors (Lipinski definition) is 1. The predicted octanol–water partition coefficient (Wildman–Crippen LogP) is 1.84. The van der Waals surface area contributed by atoms with Crippen molar-refractivity contribution in [2.75, 3.05) is 5.32 Å². The van der Waals surface area contributed by atoms with Gasteiger partial charge in [-0.1, -0.05) is 19.1 Å². The smallest absolute Gasteiger partial charge is 0.293 e. The summed E-state index contributed by atoms with van der Waals surface area (Å²) >= 11 is 0. The Morgan fingerprint density at radius 1 is 1.41 bits per heavy atom. The molecule has 0 bridgehead atoms. The summed E-state index contributed by atoms with van der Waals surface area (Å²) in [5.74, 6) is -1.08. The molecule has 2 heterocycles. The lowest BCUT2D eigenvalue weighted by Crippen LogP contribution is -2.25. The number of nitrogens with zero attached hydrogens (tertiary/aromatic N) is 6. The Bertz CT molecular complexity index is 968. The fraction of sp³-hybridized carbons (Fsp3) is 0.250. The molecule has 0 aliphatic carbocycles. The quantitative estimate of drug-likeness (QED) is 0.498. The number of nitro groups is 1. The van der Waals surface area contributed by atoms with Gasteiger partial charge in [-0.05, 0) is 17.7 Å². The molecule has 1 aromatic carbocycles. The highest BCUT2D eigenvalue weighted by Crippen LogP contribution is 2.11. The molecule has 1 atom stereocenters. The first-order valence-corrected chi connectivity index (χ1v) is 8.02. The van der Waals surface area contributed by atoms with Gasteiger partial charge in [-0.25, -0.2) is 14.1 Å². The number of anilines is 1. The Kier molecular flexibility index (Phi) is 5.20. The third kappa shape index (κ3) is 4.71. The van der Waals surface area contributed by atoms with Crippen LogP contribution in [0.4, 0.5) is 16.0 Å². The van der Waals surface area contributed by atoms with E-state index >= 15 is 0 Å². The van der Waals surface area contributed by atoms with Crippen LogP contribution in [0.3, 0.4) is 0 Å². The van der Waals surface area contributed by atoms with E-state index in [4.69, 9.17) is 0 Å². The number of benzene rings is 1. The van der Waals surface area contributed by atoms with Crippen LogP contribution in [-0.2, 0) is 17.9 Å². The first kappa shape index (κ1) is 18.2. The summed E-state index contributed by atoms with van der Waals surface area (Å²) in [4.78, 5) is 26.4. The summed E-state index contributed by atoms with van der Waals surface area (Å²) in [6.07, 6.45) is 3.82. The number of carbonyl (C=O) groups is 1. The van der Waals surface area contributed by atoms with Crippen LogP contribution in [0.25, 0.3) is 0 Å². The monoisotopic (exact) mass is 373 g/mol. The van der Waals surface area contributed by atoms with E-state index in [1.54, 1.807) is 19.1 Å². The average Bonchev–Trinajstić information content (AvgIpc) is 3.24. The molecule has 1 N–H and O–H groups in total. The molecule has 27 heavy (non-hydrogen) atoms. The molecule has 0 saturated heterocycles. The van der Waals surface area contributed by atoms with Crippen molar-refractivity contribution >= 4 is 17.5 Å². The van der Waals surface area contributed by atoms with E-state index in [0.29, 0.717) is 12.1 Å². The van der Waals surface area contributed by atoms with Crippen molar-refractivity contribution in [2.24, 2.45) is 5.92 Å². The number of hydrogen-bond acceptors (Lipinski definition) is 6. The molecule has 0 radical (unpaired) electrons. The van der Waals surface area contributed by atoms with Crippen molar-refractivity contribution in [2.45, 2.75) is 20.0 Å². The van der Waals surface area contributed by atoms with E-state index in [1.165, 1.54) is 34.0 Å². The highest BCUT2D eigenvalue weighted by molar-refractivity contribution is 5.90. The first-order chi connectivity index (χ1) is 12.9. The van der Waals surface area contributed by atoms with Gasteiger partial charge in [0.15, 0.2) is 0 Å². The highest BCUT2D eigenvalue weighted by Gasteiger charge is 2.18. The second-order valence-corrected chi connectivity index (χ2v) is 5.96. The fourth-order valence-corrected chi connectivity index (χ4v) is 2.39. The Labute approximate surface area is 152 Å². The van der Waals surface area contributed by atoms with Gasteiger partial charge in [0.2, 0.25) is 11.9 Å². The Morgan fingerprint density at radius 2 is 2.22 bits per heavy atom. The Balaban J connectivity index is 1.57. The van der Waals surface area contributed by atoms with Crippen molar-refractivity contribution in [1.29, 1.82) is 0 Å². The van der Waals surface area contributed by atoms with E-state index in [0.717, 1.165) is 6.20 Å². The van der Waals surface area contributed by atoms with Gasteiger partial charge < -0.3 is 0 Å². The molecule has 140 valence electrons. The summed E-state index contributed by atoms with van der Waals surface area (Å²) in [5.41, 5.74) is 0.576. The zero-order chi connectivity index (χ0) is 19.4. The van der Waals surface area contributed by atoms with Crippen LogP contribution in [0, 0.1) is 21.8 Å². The van der Waals surface area contributed by atoms with Crippen LogP contribution < -0.4 is 5.32 Å². The van der Waals surface area contributed by atoms with Gasteiger partial charge in [-0.15, -0.1) is 5.10 Å². The molecular weight excluding hydrogens is 357 g/mol. The third-order valence-corrected chi connectivity index (χ3v) is 3.74. The average molecular weight is 373 g/mol. The minimum Gasteiger partial charge on any atom is -0.293 e. The van der Waals surface area contributed by atoms with Crippen LogP contribution in [0.15, 0.2) is 43.0 Å². The second kappa shape index (κ2) is 7.72. The summed E-state index contributed by atoms with van der Waals surface area (Å²) in [5, 5.41) is 21.2. The van der Waals surface area contributed by atoms with E-state index < -0.39 is 10.8 Å². The highest BCUT2D eigenvalue weighted by atomic mass is 19.1. The SMILES string of the molecule is CC(Cn1cc([N+](=O)[O-])cn1)C(=O)Nc1ncn(Cc2cccc(F)c2)n1. The molecule has 11 heteroatoms. The molecule has 2 aromatic heterocycles. The van der Waals surface area contributed by atoms with Crippen molar-refractivity contribution in [3.05, 3.63) is 64.5 Å². The van der Waals surface area contributed by atoms with Crippen LogP contribution in [0.2, 0.25) is 0 Å². The first-order valence-electron chi connectivity index (χ1n) is 8.02. The zero-order valence-electron chi connectivity index (χ0n) is 14.3. The minimum atomic E-state index is -0.552. The number of aromatic nitrogens is 5. The lowest BCUT2D eigenvalue weighted by Gasteiger charge is -2.10. The van der Waals surface area contributed by atoms with Gasteiger partial charge in [0, 0.05) is 0 Å². The lowest BCUT2D eigenvalue weighted by molar-refractivity contribution is -0.385. The molecule has 1 amide bonds. The van der Waals surface area contributed by atoms with E-state index in [9.17, 15) is 19.3 Å². The van der Waals surface area contributed by atoms with E-state index in [1.807, 2.05) is 0 Å². The molecule has 0 spiro atoms. The van der Waals surface area contributed by atoms with Gasteiger partial charge in [0.25, 0.3) is 0 Å². The number of carbonyl (C=O) groups excluding carboxylic acids is 1. The lowest BCUT2D eigenvalue weighted by atomic mass is 10.1. The number of halogens is 1. The van der Waals surface area contributed by atoms with Crippen LogP contribution in [0.5, 0.6) is 0 Å². The number of amides is 1. The van der Waals surface area contributed by atoms with Crippen molar-refractivity contribution < 1.29 is 14.1 Å². The van der Waals surface area contributed by atoms with Gasteiger partial charge in [0.1, 0.15) is 24.5 Å². The van der Waals surface area contributed by atoms with Crippen LogP contribution in [0.1, 0.15) is 12.5 Å². The maximum Gasteiger partial charge on any atom is 0.306 e.